The first kappa shape index (κ1) is 18.7. The van der Waals surface area contributed by atoms with Crippen molar-refractivity contribution in [1.29, 1.82) is 0 Å². The standard InChI is InChI=1S/C21H21ClN2OS/c1-4-15-7-9-16(10-8-15)13-18-20(25)24(21(23-18)26-5-2)19-11-6-14(3)12-17(19)22/h6-13H,4-5H2,1-3H3. The summed E-state index contributed by atoms with van der Waals surface area (Å²) in [4.78, 5) is 19.2. The number of carbonyl (C=O) groups excluding carboxylic acids is 1. The maximum absolute atomic E-state index is 13.0. The van der Waals surface area contributed by atoms with Gasteiger partial charge in [0.15, 0.2) is 5.17 Å². The molecule has 0 spiro atoms. The highest BCUT2D eigenvalue weighted by Gasteiger charge is 2.32. The maximum atomic E-state index is 13.0. The number of thioether (sulfide) groups is 1. The molecule has 1 heterocycles. The molecule has 0 atom stereocenters. The molecule has 0 radical (unpaired) electrons. The Bertz CT molecular complexity index is 887. The Morgan fingerprint density at radius 3 is 2.50 bits per heavy atom. The lowest BCUT2D eigenvalue weighted by Crippen LogP contribution is -2.30. The molecule has 2 aromatic rings. The van der Waals surface area contributed by atoms with Crippen molar-refractivity contribution in [2.45, 2.75) is 27.2 Å². The van der Waals surface area contributed by atoms with Crippen molar-refractivity contribution in [3.63, 3.8) is 0 Å². The van der Waals surface area contributed by atoms with E-state index < -0.39 is 0 Å². The van der Waals surface area contributed by atoms with Gasteiger partial charge in [0.25, 0.3) is 5.91 Å². The zero-order chi connectivity index (χ0) is 18.7. The molecule has 1 amide bonds. The van der Waals surface area contributed by atoms with Crippen LogP contribution < -0.4 is 4.90 Å². The SMILES string of the molecule is CCSC1=NC(=Cc2ccc(CC)cc2)C(=O)N1c1ccc(C)cc1Cl. The predicted molar refractivity (Wildman–Crippen MR) is 113 cm³/mol. The van der Waals surface area contributed by atoms with Gasteiger partial charge in [-0.2, -0.15) is 0 Å². The van der Waals surface area contributed by atoms with Gasteiger partial charge >= 0.3 is 0 Å². The lowest BCUT2D eigenvalue weighted by molar-refractivity contribution is -0.113. The fourth-order valence-corrected chi connectivity index (χ4v) is 3.79. The molecule has 1 aliphatic heterocycles. The van der Waals surface area contributed by atoms with Crippen LogP contribution in [0.4, 0.5) is 5.69 Å². The van der Waals surface area contributed by atoms with Crippen molar-refractivity contribution in [1.82, 2.24) is 0 Å². The van der Waals surface area contributed by atoms with E-state index in [9.17, 15) is 4.79 Å². The van der Waals surface area contributed by atoms with Gasteiger partial charge in [0, 0.05) is 0 Å². The van der Waals surface area contributed by atoms with E-state index in [-0.39, 0.29) is 5.91 Å². The molecule has 0 aromatic heterocycles. The second kappa shape index (κ2) is 8.11. The number of benzene rings is 2. The Morgan fingerprint density at radius 1 is 1.15 bits per heavy atom. The number of aryl methyl sites for hydroxylation is 2. The van der Waals surface area contributed by atoms with Crippen LogP contribution in [-0.4, -0.2) is 16.8 Å². The van der Waals surface area contributed by atoms with Crippen LogP contribution in [0.5, 0.6) is 0 Å². The van der Waals surface area contributed by atoms with E-state index in [4.69, 9.17) is 11.6 Å². The highest BCUT2D eigenvalue weighted by Crippen LogP contribution is 2.34. The first-order valence-electron chi connectivity index (χ1n) is 8.66. The second-order valence-corrected chi connectivity index (χ2v) is 7.69. The van der Waals surface area contributed by atoms with Gasteiger partial charge < -0.3 is 0 Å². The highest BCUT2D eigenvalue weighted by atomic mass is 35.5. The Labute approximate surface area is 163 Å². The van der Waals surface area contributed by atoms with Gasteiger partial charge in [-0.25, -0.2) is 4.99 Å². The summed E-state index contributed by atoms with van der Waals surface area (Å²) >= 11 is 7.94. The van der Waals surface area contributed by atoms with Gasteiger partial charge in [-0.3, -0.25) is 9.69 Å². The second-order valence-electron chi connectivity index (χ2n) is 6.05. The summed E-state index contributed by atoms with van der Waals surface area (Å²) in [6.45, 7) is 6.13. The van der Waals surface area contributed by atoms with Gasteiger partial charge in [0.2, 0.25) is 0 Å². The topological polar surface area (TPSA) is 32.7 Å². The number of amidine groups is 1. The third-order valence-corrected chi connectivity index (χ3v) is 5.26. The Kier molecular flexibility index (Phi) is 5.84. The molecule has 0 N–H and O–H groups in total. The number of halogens is 1. The fourth-order valence-electron chi connectivity index (χ4n) is 2.74. The van der Waals surface area contributed by atoms with Crippen LogP contribution in [0.1, 0.15) is 30.5 Å². The van der Waals surface area contributed by atoms with Crippen LogP contribution in [0.15, 0.2) is 53.2 Å². The minimum absolute atomic E-state index is 0.147. The molecule has 2 aromatic carbocycles. The smallest absolute Gasteiger partial charge is 0.266 e. The Morgan fingerprint density at radius 2 is 1.88 bits per heavy atom. The molecular weight excluding hydrogens is 364 g/mol. The van der Waals surface area contributed by atoms with E-state index in [1.54, 1.807) is 4.90 Å². The monoisotopic (exact) mass is 384 g/mol. The van der Waals surface area contributed by atoms with Gasteiger partial charge in [0.1, 0.15) is 5.70 Å². The van der Waals surface area contributed by atoms with Gasteiger partial charge in [-0.1, -0.05) is 67.5 Å². The molecule has 0 bridgehead atoms. The Balaban J connectivity index is 1.98. The minimum atomic E-state index is -0.147. The zero-order valence-corrected chi connectivity index (χ0v) is 16.7. The molecule has 1 aliphatic rings. The van der Waals surface area contributed by atoms with Crippen molar-refractivity contribution >= 4 is 46.2 Å². The van der Waals surface area contributed by atoms with E-state index in [0.29, 0.717) is 21.6 Å². The summed E-state index contributed by atoms with van der Waals surface area (Å²) in [5, 5.41) is 1.22. The van der Waals surface area contributed by atoms with Crippen molar-refractivity contribution in [2.24, 2.45) is 4.99 Å². The quantitative estimate of drug-likeness (QED) is 0.632. The fraction of sp³-hybridized carbons (Fsp3) is 0.238. The van der Waals surface area contributed by atoms with Crippen LogP contribution in [0.25, 0.3) is 6.08 Å². The van der Waals surface area contributed by atoms with Crippen molar-refractivity contribution in [3.8, 4) is 0 Å². The third-order valence-electron chi connectivity index (χ3n) is 4.14. The molecular formula is C21H21ClN2OS. The summed E-state index contributed by atoms with van der Waals surface area (Å²) < 4.78 is 0. The van der Waals surface area contributed by atoms with E-state index in [2.05, 4.69) is 24.0 Å². The average Bonchev–Trinajstić information content (AvgIpc) is 2.92. The van der Waals surface area contributed by atoms with E-state index >= 15 is 0 Å². The number of anilines is 1. The van der Waals surface area contributed by atoms with Crippen LogP contribution in [-0.2, 0) is 11.2 Å². The van der Waals surface area contributed by atoms with E-state index in [1.165, 1.54) is 17.3 Å². The van der Waals surface area contributed by atoms with Gasteiger partial charge in [-0.15, -0.1) is 0 Å². The number of hydrogen-bond donors (Lipinski definition) is 0. The lowest BCUT2D eigenvalue weighted by atomic mass is 10.1. The summed E-state index contributed by atoms with van der Waals surface area (Å²) in [6.07, 6.45) is 2.82. The van der Waals surface area contributed by atoms with Gasteiger partial charge in [-0.05, 0) is 54.0 Å². The third kappa shape index (κ3) is 3.87. The normalized spacial score (nSPS) is 15.7. The number of carbonyl (C=O) groups is 1. The van der Waals surface area contributed by atoms with Crippen LogP contribution in [0, 0.1) is 6.92 Å². The molecule has 26 heavy (non-hydrogen) atoms. The number of nitrogens with zero attached hydrogens (tertiary/aromatic N) is 2. The summed E-state index contributed by atoms with van der Waals surface area (Å²) in [6, 6.07) is 13.9. The first-order valence-corrected chi connectivity index (χ1v) is 10.0. The maximum Gasteiger partial charge on any atom is 0.283 e. The molecule has 3 rings (SSSR count). The average molecular weight is 385 g/mol. The number of hydrogen-bond acceptors (Lipinski definition) is 3. The molecule has 0 saturated heterocycles. The lowest BCUT2D eigenvalue weighted by Gasteiger charge is -2.19. The van der Waals surface area contributed by atoms with Crippen LogP contribution in [0.2, 0.25) is 5.02 Å². The van der Waals surface area contributed by atoms with Crippen molar-refractivity contribution in [3.05, 3.63) is 69.9 Å². The van der Waals surface area contributed by atoms with Crippen LogP contribution in [0.3, 0.4) is 0 Å². The number of aliphatic imine (C=N–C) groups is 1. The molecule has 0 fully saturated rings. The predicted octanol–water partition coefficient (Wildman–Crippen LogP) is 5.71. The Hall–Kier alpha value is -2.04. The zero-order valence-electron chi connectivity index (χ0n) is 15.1. The van der Waals surface area contributed by atoms with Gasteiger partial charge in [0.05, 0.1) is 10.7 Å². The van der Waals surface area contributed by atoms with Crippen LogP contribution >= 0.6 is 23.4 Å². The first-order chi connectivity index (χ1) is 12.5. The summed E-state index contributed by atoms with van der Waals surface area (Å²) in [7, 11) is 0. The van der Waals surface area contributed by atoms with Crippen molar-refractivity contribution < 1.29 is 4.79 Å². The molecule has 0 aliphatic carbocycles. The van der Waals surface area contributed by atoms with E-state index in [1.807, 2.05) is 50.3 Å². The molecule has 134 valence electrons. The van der Waals surface area contributed by atoms with Crippen molar-refractivity contribution in [2.75, 3.05) is 10.7 Å². The molecule has 5 heteroatoms. The number of rotatable bonds is 4. The minimum Gasteiger partial charge on any atom is -0.266 e. The molecule has 3 nitrogen and oxygen atoms in total. The number of amides is 1. The molecule has 0 saturated carbocycles. The van der Waals surface area contributed by atoms with E-state index in [0.717, 1.165) is 23.3 Å². The largest absolute Gasteiger partial charge is 0.283 e. The summed E-state index contributed by atoms with van der Waals surface area (Å²) in [5.41, 5.74) is 4.39. The highest BCUT2D eigenvalue weighted by molar-refractivity contribution is 8.14. The molecule has 0 unspecified atom stereocenters. The summed E-state index contributed by atoms with van der Waals surface area (Å²) in [5.74, 6) is 0.677.